The summed E-state index contributed by atoms with van der Waals surface area (Å²) in [6, 6.07) is 19.9. The van der Waals surface area contributed by atoms with Crippen molar-refractivity contribution in [3.8, 4) is 0 Å². The standard InChI is InChI=1S/C23H25N5O/c1-18(29)20-7-9-21(10-8-20)25-22-11-12-24-23(26-22)28-15-13-27(14-16-28)17-19-5-3-2-4-6-19/h2-12H,13-17H2,1H3,(H,24,25,26). The second kappa shape index (κ2) is 8.84. The van der Waals surface area contributed by atoms with Gasteiger partial charge >= 0.3 is 0 Å². The Kier molecular flexibility index (Phi) is 5.81. The van der Waals surface area contributed by atoms with Crippen molar-refractivity contribution in [2.24, 2.45) is 0 Å². The van der Waals surface area contributed by atoms with Gasteiger partial charge in [0.15, 0.2) is 5.78 Å². The van der Waals surface area contributed by atoms with Gasteiger partial charge in [0, 0.05) is 50.2 Å². The molecule has 1 saturated heterocycles. The summed E-state index contributed by atoms with van der Waals surface area (Å²) in [6.45, 7) is 6.34. The van der Waals surface area contributed by atoms with Crippen LogP contribution in [-0.2, 0) is 6.54 Å². The van der Waals surface area contributed by atoms with E-state index in [4.69, 9.17) is 0 Å². The molecular formula is C23H25N5O. The van der Waals surface area contributed by atoms with E-state index in [0.29, 0.717) is 5.56 Å². The first-order chi connectivity index (χ1) is 14.2. The lowest BCUT2D eigenvalue weighted by atomic mass is 10.1. The smallest absolute Gasteiger partial charge is 0.227 e. The molecule has 1 aliphatic heterocycles. The van der Waals surface area contributed by atoms with Crippen LogP contribution in [-0.4, -0.2) is 46.8 Å². The molecule has 0 bridgehead atoms. The van der Waals surface area contributed by atoms with Crippen LogP contribution in [0.3, 0.4) is 0 Å². The van der Waals surface area contributed by atoms with Crippen molar-refractivity contribution in [2.45, 2.75) is 13.5 Å². The van der Waals surface area contributed by atoms with E-state index < -0.39 is 0 Å². The number of aromatic nitrogens is 2. The molecule has 0 amide bonds. The second-order valence-corrected chi connectivity index (χ2v) is 7.25. The fourth-order valence-electron chi connectivity index (χ4n) is 3.45. The molecule has 3 aromatic rings. The lowest BCUT2D eigenvalue weighted by molar-refractivity contribution is 0.101. The highest BCUT2D eigenvalue weighted by atomic mass is 16.1. The lowest BCUT2D eigenvalue weighted by Crippen LogP contribution is -2.46. The molecule has 148 valence electrons. The summed E-state index contributed by atoms with van der Waals surface area (Å²) in [4.78, 5) is 25.2. The highest BCUT2D eigenvalue weighted by Crippen LogP contribution is 2.19. The predicted molar refractivity (Wildman–Crippen MR) is 116 cm³/mol. The summed E-state index contributed by atoms with van der Waals surface area (Å²) < 4.78 is 0. The van der Waals surface area contributed by atoms with E-state index in [1.807, 2.05) is 30.3 Å². The zero-order chi connectivity index (χ0) is 20.1. The lowest BCUT2D eigenvalue weighted by Gasteiger charge is -2.34. The largest absolute Gasteiger partial charge is 0.340 e. The molecule has 0 unspecified atom stereocenters. The molecule has 1 fully saturated rings. The molecule has 4 rings (SSSR count). The van der Waals surface area contributed by atoms with Crippen molar-refractivity contribution in [1.82, 2.24) is 14.9 Å². The molecule has 0 saturated carbocycles. The average Bonchev–Trinajstić information content (AvgIpc) is 2.76. The van der Waals surface area contributed by atoms with Crippen LogP contribution in [0.4, 0.5) is 17.5 Å². The highest BCUT2D eigenvalue weighted by Gasteiger charge is 2.19. The van der Waals surface area contributed by atoms with Crippen LogP contribution < -0.4 is 10.2 Å². The Labute approximate surface area is 171 Å². The van der Waals surface area contributed by atoms with Crippen LogP contribution in [0.1, 0.15) is 22.8 Å². The number of Topliss-reactive ketones (excluding diaryl/α,β-unsaturated/α-hetero) is 1. The summed E-state index contributed by atoms with van der Waals surface area (Å²) in [6.07, 6.45) is 1.78. The van der Waals surface area contributed by atoms with E-state index in [2.05, 4.69) is 55.4 Å². The van der Waals surface area contributed by atoms with Crippen LogP contribution in [0.15, 0.2) is 66.9 Å². The number of nitrogens with one attached hydrogen (secondary N) is 1. The van der Waals surface area contributed by atoms with E-state index in [0.717, 1.165) is 50.2 Å². The fraction of sp³-hybridized carbons (Fsp3) is 0.261. The number of carbonyl (C=O) groups is 1. The molecular weight excluding hydrogens is 362 g/mol. The molecule has 2 heterocycles. The van der Waals surface area contributed by atoms with Crippen LogP contribution in [0, 0.1) is 0 Å². The Bertz CT molecular complexity index is 951. The second-order valence-electron chi connectivity index (χ2n) is 7.25. The van der Waals surface area contributed by atoms with Crippen LogP contribution in [0.25, 0.3) is 0 Å². The van der Waals surface area contributed by atoms with Gasteiger partial charge in [0.25, 0.3) is 0 Å². The first-order valence-corrected chi connectivity index (χ1v) is 9.90. The minimum Gasteiger partial charge on any atom is -0.340 e. The van der Waals surface area contributed by atoms with E-state index in [9.17, 15) is 4.79 Å². The third kappa shape index (κ3) is 4.97. The number of hydrogen-bond donors (Lipinski definition) is 1. The molecule has 29 heavy (non-hydrogen) atoms. The minimum absolute atomic E-state index is 0.0623. The number of benzene rings is 2. The van der Waals surface area contributed by atoms with Crippen molar-refractivity contribution in [1.29, 1.82) is 0 Å². The van der Waals surface area contributed by atoms with E-state index in [1.54, 1.807) is 13.1 Å². The molecule has 1 aliphatic rings. The van der Waals surface area contributed by atoms with Crippen molar-refractivity contribution >= 4 is 23.2 Å². The van der Waals surface area contributed by atoms with Gasteiger partial charge in [-0.2, -0.15) is 4.98 Å². The monoisotopic (exact) mass is 387 g/mol. The Morgan fingerprint density at radius 2 is 1.69 bits per heavy atom. The van der Waals surface area contributed by atoms with Crippen LogP contribution >= 0.6 is 0 Å². The maximum Gasteiger partial charge on any atom is 0.227 e. The molecule has 6 heteroatoms. The number of hydrogen-bond acceptors (Lipinski definition) is 6. The maximum absolute atomic E-state index is 11.4. The zero-order valence-corrected chi connectivity index (χ0v) is 16.6. The summed E-state index contributed by atoms with van der Waals surface area (Å²) in [5, 5.41) is 3.29. The number of carbonyl (C=O) groups excluding carboxylic acids is 1. The summed E-state index contributed by atoms with van der Waals surface area (Å²) >= 11 is 0. The predicted octanol–water partition coefficient (Wildman–Crippen LogP) is 3.75. The first kappa shape index (κ1) is 19.1. The average molecular weight is 387 g/mol. The SMILES string of the molecule is CC(=O)c1ccc(Nc2ccnc(N3CCN(Cc4ccccc4)CC3)n2)cc1. The van der Waals surface area contributed by atoms with Crippen LogP contribution in [0.2, 0.25) is 0 Å². The van der Waals surface area contributed by atoms with Crippen molar-refractivity contribution in [2.75, 3.05) is 36.4 Å². The molecule has 0 aliphatic carbocycles. The van der Waals surface area contributed by atoms with Crippen molar-refractivity contribution in [3.05, 3.63) is 78.0 Å². The van der Waals surface area contributed by atoms with Crippen LogP contribution in [0.5, 0.6) is 0 Å². The topological polar surface area (TPSA) is 61.4 Å². The van der Waals surface area contributed by atoms with Gasteiger partial charge in [0.2, 0.25) is 5.95 Å². The van der Waals surface area contributed by atoms with Gasteiger partial charge in [0.05, 0.1) is 0 Å². The number of nitrogens with zero attached hydrogens (tertiary/aromatic N) is 4. The minimum atomic E-state index is 0.0623. The maximum atomic E-state index is 11.4. The third-order valence-corrected chi connectivity index (χ3v) is 5.11. The molecule has 1 aromatic heterocycles. The first-order valence-electron chi connectivity index (χ1n) is 9.90. The van der Waals surface area contributed by atoms with Gasteiger partial charge in [-0.1, -0.05) is 30.3 Å². The Balaban J connectivity index is 1.36. The van der Waals surface area contributed by atoms with E-state index in [-0.39, 0.29) is 5.78 Å². The normalized spacial score (nSPS) is 14.6. The molecule has 0 radical (unpaired) electrons. The number of ketones is 1. The highest BCUT2D eigenvalue weighted by molar-refractivity contribution is 5.94. The van der Waals surface area contributed by atoms with E-state index in [1.165, 1.54) is 5.56 Å². The number of piperazine rings is 1. The van der Waals surface area contributed by atoms with Gasteiger partial charge in [-0.05, 0) is 42.8 Å². The molecule has 0 atom stereocenters. The fourth-order valence-corrected chi connectivity index (χ4v) is 3.45. The Hall–Kier alpha value is -3.25. The van der Waals surface area contributed by atoms with Crippen molar-refractivity contribution < 1.29 is 4.79 Å². The van der Waals surface area contributed by atoms with Gasteiger partial charge in [0.1, 0.15) is 5.82 Å². The van der Waals surface area contributed by atoms with E-state index >= 15 is 0 Å². The summed E-state index contributed by atoms with van der Waals surface area (Å²) in [5.74, 6) is 1.55. The summed E-state index contributed by atoms with van der Waals surface area (Å²) in [7, 11) is 0. The third-order valence-electron chi connectivity index (χ3n) is 5.11. The van der Waals surface area contributed by atoms with Gasteiger partial charge in [-0.15, -0.1) is 0 Å². The molecule has 6 nitrogen and oxygen atoms in total. The van der Waals surface area contributed by atoms with Gasteiger partial charge in [-0.3, -0.25) is 9.69 Å². The molecule has 1 N–H and O–H groups in total. The number of anilines is 3. The molecule has 2 aromatic carbocycles. The Morgan fingerprint density at radius 1 is 0.966 bits per heavy atom. The van der Waals surface area contributed by atoms with Gasteiger partial charge < -0.3 is 10.2 Å². The Morgan fingerprint density at radius 3 is 2.38 bits per heavy atom. The molecule has 0 spiro atoms. The zero-order valence-electron chi connectivity index (χ0n) is 16.6. The quantitative estimate of drug-likeness (QED) is 0.650. The number of rotatable bonds is 6. The van der Waals surface area contributed by atoms with Gasteiger partial charge in [-0.25, -0.2) is 4.98 Å². The summed E-state index contributed by atoms with van der Waals surface area (Å²) in [5.41, 5.74) is 2.94. The van der Waals surface area contributed by atoms with Crippen molar-refractivity contribution in [3.63, 3.8) is 0 Å².